The van der Waals surface area contributed by atoms with Crippen LogP contribution in [0.3, 0.4) is 0 Å². The molecule has 0 bridgehead atoms. The van der Waals surface area contributed by atoms with Gasteiger partial charge in [0.15, 0.2) is 0 Å². The fraction of sp³-hybridized carbons (Fsp3) is 0. The van der Waals surface area contributed by atoms with Gasteiger partial charge in [0.05, 0.1) is 0 Å². The van der Waals surface area contributed by atoms with Crippen molar-refractivity contribution in [3.8, 4) is 0 Å². The Bertz CT molecular complexity index is 687. The summed E-state index contributed by atoms with van der Waals surface area (Å²) in [6.07, 6.45) is 0. The molecule has 0 fully saturated rings. The van der Waals surface area contributed by atoms with Crippen LogP contribution >= 0.6 is 28.7 Å². The molecule has 0 saturated heterocycles. The maximum atomic E-state index is 12.8. The number of nitrogens with two attached hydrogens (primary N) is 2. The summed E-state index contributed by atoms with van der Waals surface area (Å²) in [5.41, 5.74) is -1.48. The van der Waals surface area contributed by atoms with Gasteiger partial charge in [0.25, 0.3) is 0 Å². The molecule has 0 unspecified atom stereocenters. The predicted octanol–water partition coefficient (Wildman–Crippen LogP) is 2.95. The molecule has 0 aromatic heterocycles. The molecule has 0 aliphatic rings. The van der Waals surface area contributed by atoms with Gasteiger partial charge in [-0.1, -0.05) is 53.7 Å². The third-order valence-corrected chi connectivity index (χ3v) is 8.81. The lowest BCUT2D eigenvalue weighted by atomic mass is 10.0. The molecular weight excluding hydrogens is 325 g/mol. The van der Waals surface area contributed by atoms with Crippen molar-refractivity contribution in [3.63, 3.8) is 0 Å². The van der Waals surface area contributed by atoms with Crippen molar-refractivity contribution in [2.24, 2.45) is 15.4 Å². The van der Waals surface area contributed by atoms with Crippen LogP contribution < -0.4 is 15.6 Å². The lowest BCUT2D eigenvalue weighted by Gasteiger charge is -2.16. The summed E-state index contributed by atoms with van der Waals surface area (Å²) in [5.74, 6) is 0. The van der Waals surface area contributed by atoms with E-state index in [1.54, 1.807) is 24.3 Å². The van der Waals surface area contributed by atoms with Gasteiger partial charge in [0.1, 0.15) is 5.71 Å². The van der Waals surface area contributed by atoms with E-state index < -0.39 is 5.55 Å². The first-order valence-corrected chi connectivity index (χ1v) is 10.6. The van der Waals surface area contributed by atoms with E-state index in [4.69, 9.17) is 10.3 Å². The minimum Gasteiger partial charge on any atom is -0.410 e. The molecular formula is C13H14N3O2PS2. The van der Waals surface area contributed by atoms with E-state index in [1.807, 2.05) is 30.3 Å². The van der Waals surface area contributed by atoms with Gasteiger partial charge in [-0.15, -0.1) is 0 Å². The van der Waals surface area contributed by atoms with Crippen LogP contribution in [0.1, 0.15) is 11.1 Å². The molecule has 0 atom stereocenters. The summed E-state index contributed by atoms with van der Waals surface area (Å²) in [4.78, 5) is 0. The highest BCUT2D eigenvalue weighted by Gasteiger charge is 2.29. The molecule has 0 heterocycles. The molecule has 0 saturated carbocycles. The second kappa shape index (κ2) is 7.15. The molecule has 110 valence electrons. The molecule has 0 amide bonds. The molecule has 0 aliphatic heterocycles. The Balaban J connectivity index is 2.62. The van der Waals surface area contributed by atoms with E-state index in [0.717, 1.165) is 23.1 Å². The lowest BCUT2D eigenvalue weighted by molar-refractivity contribution is 0.319. The summed E-state index contributed by atoms with van der Waals surface area (Å²) >= 11 is 1.44. The van der Waals surface area contributed by atoms with E-state index in [0.29, 0.717) is 22.1 Å². The fourth-order valence-electron chi connectivity index (χ4n) is 1.91. The van der Waals surface area contributed by atoms with Crippen molar-refractivity contribution in [3.05, 3.63) is 65.7 Å². The topological polar surface area (TPSA) is 102 Å². The van der Waals surface area contributed by atoms with E-state index in [1.165, 1.54) is 0 Å². The van der Waals surface area contributed by atoms with E-state index in [2.05, 4.69) is 5.16 Å². The SMILES string of the molecule is NSP(=O)(SN)c1ccccc1C(=NO)c1ccccc1. The van der Waals surface area contributed by atoms with Gasteiger partial charge in [-0.05, 0) is 29.2 Å². The maximum absolute atomic E-state index is 12.8. The summed E-state index contributed by atoms with van der Waals surface area (Å²) in [5, 5.41) is 24.3. The van der Waals surface area contributed by atoms with Gasteiger partial charge in [-0.2, -0.15) is 0 Å². The number of nitrogens with zero attached hydrogens (tertiary/aromatic N) is 1. The number of benzene rings is 2. The second-order valence-corrected chi connectivity index (χ2v) is 11.0. The normalized spacial score (nSPS) is 12.4. The van der Waals surface area contributed by atoms with Gasteiger partial charge in [0, 0.05) is 16.4 Å². The minimum absolute atomic E-state index is 0.328. The van der Waals surface area contributed by atoms with Crippen LogP contribution in [0.4, 0.5) is 0 Å². The van der Waals surface area contributed by atoms with E-state index in [-0.39, 0.29) is 0 Å². The highest BCUT2D eigenvalue weighted by molar-refractivity contribution is 8.91. The first-order valence-electron chi connectivity index (χ1n) is 5.90. The molecule has 5 N–H and O–H groups in total. The Morgan fingerprint density at radius 1 is 1.00 bits per heavy atom. The van der Waals surface area contributed by atoms with Crippen molar-refractivity contribution >= 4 is 39.7 Å². The fourth-order valence-corrected chi connectivity index (χ4v) is 5.17. The first-order chi connectivity index (χ1) is 10.2. The van der Waals surface area contributed by atoms with Crippen molar-refractivity contribution in [2.75, 3.05) is 0 Å². The van der Waals surface area contributed by atoms with Gasteiger partial charge in [0.2, 0.25) is 5.55 Å². The van der Waals surface area contributed by atoms with Crippen LogP contribution in [0.5, 0.6) is 0 Å². The van der Waals surface area contributed by atoms with Crippen LogP contribution in [-0.2, 0) is 4.57 Å². The quantitative estimate of drug-likeness (QED) is 0.254. The largest absolute Gasteiger partial charge is 0.410 e. The highest BCUT2D eigenvalue weighted by Crippen LogP contribution is 2.63. The number of hydrogen-bond acceptors (Lipinski definition) is 7. The van der Waals surface area contributed by atoms with Crippen LogP contribution in [0, 0.1) is 0 Å². The minimum atomic E-state index is -3.06. The Morgan fingerprint density at radius 2 is 1.57 bits per heavy atom. The van der Waals surface area contributed by atoms with Crippen molar-refractivity contribution < 1.29 is 9.77 Å². The Morgan fingerprint density at radius 3 is 2.14 bits per heavy atom. The Kier molecular flexibility index (Phi) is 5.50. The molecule has 0 spiro atoms. The lowest BCUT2D eigenvalue weighted by Crippen LogP contribution is -2.17. The van der Waals surface area contributed by atoms with Crippen molar-refractivity contribution in [1.29, 1.82) is 0 Å². The van der Waals surface area contributed by atoms with Crippen LogP contribution in [0.2, 0.25) is 0 Å². The molecule has 8 heteroatoms. The second-order valence-electron chi connectivity index (χ2n) is 4.04. The van der Waals surface area contributed by atoms with Crippen molar-refractivity contribution in [1.82, 2.24) is 0 Å². The van der Waals surface area contributed by atoms with Crippen molar-refractivity contribution in [2.45, 2.75) is 0 Å². The van der Waals surface area contributed by atoms with Gasteiger partial charge >= 0.3 is 0 Å². The zero-order valence-electron chi connectivity index (χ0n) is 10.9. The number of rotatable bonds is 5. The predicted molar refractivity (Wildman–Crippen MR) is 91.1 cm³/mol. The standard InChI is InChI=1S/C13H14N3O2PS2/c14-20-19(18,21-15)12-9-5-4-8-11(12)13(16-17)10-6-2-1-3-7-10/h1-9,17H,14-15H2. The number of hydrogen-bond donors (Lipinski definition) is 3. The van der Waals surface area contributed by atoms with Gasteiger partial charge in [-0.25, -0.2) is 0 Å². The summed E-state index contributed by atoms with van der Waals surface area (Å²) in [7, 11) is 0. The summed E-state index contributed by atoms with van der Waals surface area (Å²) < 4.78 is 12.8. The molecule has 2 aromatic rings. The molecule has 2 rings (SSSR count). The molecule has 5 nitrogen and oxygen atoms in total. The van der Waals surface area contributed by atoms with E-state index in [9.17, 15) is 9.77 Å². The van der Waals surface area contributed by atoms with Gasteiger partial charge < -0.3 is 5.21 Å². The van der Waals surface area contributed by atoms with Gasteiger partial charge in [-0.3, -0.25) is 14.8 Å². The summed E-state index contributed by atoms with van der Waals surface area (Å²) in [6, 6.07) is 16.1. The Hall–Kier alpha value is -1.24. The molecule has 21 heavy (non-hydrogen) atoms. The third kappa shape index (κ3) is 3.33. The third-order valence-electron chi connectivity index (χ3n) is 2.88. The molecule has 0 aliphatic carbocycles. The summed E-state index contributed by atoms with van der Waals surface area (Å²) in [6.45, 7) is 0. The number of oxime groups is 1. The Labute approximate surface area is 130 Å². The first kappa shape index (κ1) is 16.1. The zero-order chi connectivity index (χ0) is 15.3. The maximum Gasteiger partial charge on any atom is 0.247 e. The monoisotopic (exact) mass is 339 g/mol. The average molecular weight is 339 g/mol. The zero-order valence-corrected chi connectivity index (χ0v) is 13.4. The molecule has 0 radical (unpaired) electrons. The smallest absolute Gasteiger partial charge is 0.247 e. The van der Waals surface area contributed by atoms with Crippen LogP contribution in [0.15, 0.2) is 59.8 Å². The van der Waals surface area contributed by atoms with Crippen LogP contribution in [-0.4, -0.2) is 10.9 Å². The highest BCUT2D eigenvalue weighted by atomic mass is 33.1. The van der Waals surface area contributed by atoms with E-state index >= 15 is 0 Å². The average Bonchev–Trinajstić information content (AvgIpc) is 2.56. The molecule has 2 aromatic carbocycles. The van der Waals surface area contributed by atoms with Crippen LogP contribution in [0.25, 0.3) is 0 Å².